The van der Waals surface area contributed by atoms with E-state index in [1.54, 1.807) is 17.6 Å². The molecule has 0 fully saturated rings. The minimum atomic E-state index is -1.68. The van der Waals surface area contributed by atoms with Crippen LogP contribution in [0.15, 0.2) is 29.1 Å². The highest BCUT2D eigenvalue weighted by atomic mass is 32.1. The fraction of sp³-hybridized carbons (Fsp3) is 0.393. The van der Waals surface area contributed by atoms with E-state index in [4.69, 9.17) is 26.7 Å². The maximum atomic E-state index is 13.9. The van der Waals surface area contributed by atoms with Crippen molar-refractivity contribution in [3.05, 3.63) is 51.3 Å². The number of cyclic esters (lactones) is 1. The van der Waals surface area contributed by atoms with Crippen LogP contribution in [-0.2, 0) is 37.8 Å². The van der Waals surface area contributed by atoms with Crippen LogP contribution in [0.2, 0.25) is 0 Å². The third-order valence-electron chi connectivity index (χ3n) is 7.66. The number of carbonyl (C=O) groups excluding carboxylic acids is 2. The molecule has 3 aliphatic heterocycles. The summed E-state index contributed by atoms with van der Waals surface area (Å²) in [5.41, 5.74) is 3.50. The fourth-order valence-electron chi connectivity index (χ4n) is 5.80. The number of ether oxygens (including phenoxy) is 2. The van der Waals surface area contributed by atoms with Gasteiger partial charge in [0.25, 0.3) is 5.56 Å². The molecular formula is C28H28N4O5S. The summed E-state index contributed by atoms with van der Waals surface area (Å²) in [6.45, 7) is 8.18. The molecule has 0 amide bonds. The summed E-state index contributed by atoms with van der Waals surface area (Å²) in [5, 5.41) is 4.93. The summed E-state index contributed by atoms with van der Waals surface area (Å²) in [7, 11) is 0. The zero-order valence-electron chi connectivity index (χ0n) is 21.7. The van der Waals surface area contributed by atoms with E-state index in [1.807, 2.05) is 18.2 Å². The van der Waals surface area contributed by atoms with Gasteiger partial charge in [-0.05, 0) is 49.2 Å². The second-order valence-electron chi connectivity index (χ2n) is 10.4. The number of thiocarbonyl (C=S) groups is 1. The first-order valence-corrected chi connectivity index (χ1v) is 13.3. The number of rotatable bonds is 5. The van der Waals surface area contributed by atoms with Gasteiger partial charge in [-0.3, -0.25) is 9.59 Å². The van der Waals surface area contributed by atoms with Crippen LogP contribution in [-0.4, -0.2) is 33.1 Å². The van der Waals surface area contributed by atoms with E-state index >= 15 is 0 Å². The van der Waals surface area contributed by atoms with E-state index < -0.39 is 17.5 Å². The number of hydrogen-bond donors (Lipinski definition) is 1. The molecule has 0 saturated carbocycles. The van der Waals surface area contributed by atoms with Gasteiger partial charge in [-0.1, -0.05) is 26.8 Å². The number of fused-ring (bicyclic) bond motifs is 5. The highest BCUT2D eigenvalue weighted by Gasteiger charge is 2.50. The van der Waals surface area contributed by atoms with Crippen molar-refractivity contribution in [1.29, 1.82) is 0 Å². The van der Waals surface area contributed by atoms with Crippen molar-refractivity contribution in [2.45, 2.75) is 59.3 Å². The van der Waals surface area contributed by atoms with Crippen LogP contribution in [0.5, 0.6) is 0 Å². The van der Waals surface area contributed by atoms with Crippen molar-refractivity contribution < 1.29 is 19.1 Å². The summed E-state index contributed by atoms with van der Waals surface area (Å²) in [5.74, 6) is -0.818. The Morgan fingerprint density at radius 2 is 2.08 bits per heavy atom. The molecule has 1 atom stereocenters. The SMILES string of the molecule is CC[C@@]1(OC(C)=O)C(=O)OCc2c1cc1n(c2=O)Cc2c-1nc1cccc3c1c2N(CCC(C)C)C(=S)N3. The lowest BCUT2D eigenvalue weighted by Crippen LogP contribution is -2.47. The third-order valence-corrected chi connectivity index (χ3v) is 7.98. The Hall–Kier alpha value is -3.79. The number of hydrogen-bond acceptors (Lipinski definition) is 7. The molecule has 0 aliphatic carbocycles. The van der Waals surface area contributed by atoms with Gasteiger partial charge < -0.3 is 24.3 Å². The predicted molar refractivity (Wildman–Crippen MR) is 147 cm³/mol. The van der Waals surface area contributed by atoms with E-state index in [1.165, 1.54) is 6.92 Å². The number of esters is 2. The second kappa shape index (κ2) is 8.62. The molecule has 1 N–H and O–H groups in total. The monoisotopic (exact) mass is 532 g/mol. The van der Waals surface area contributed by atoms with Crippen LogP contribution < -0.4 is 15.8 Å². The molecule has 3 aliphatic rings. The van der Waals surface area contributed by atoms with Crippen LogP contribution in [0.1, 0.15) is 57.2 Å². The number of anilines is 2. The maximum absolute atomic E-state index is 13.9. The quantitative estimate of drug-likeness (QED) is 0.299. The van der Waals surface area contributed by atoms with Crippen LogP contribution in [0.4, 0.5) is 11.4 Å². The standard InChI is InChI=1S/C28H28N4O5S/c1-5-28(37-15(4)33)18-11-21-23-16(12-32(21)25(34)17(18)13-36-26(28)35)24-22-19(29-23)7-6-8-20(22)30-27(38)31(24)10-9-14(2)3/h6-8,11,14H,5,9-10,12-13H2,1-4H3,(H,30,38)/t28-/m0/s1. The van der Waals surface area contributed by atoms with Gasteiger partial charge in [0.15, 0.2) is 5.11 Å². The molecule has 9 nitrogen and oxygen atoms in total. The summed E-state index contributed by atoms with van der Waals surface area (Å²) in [6, 6.07) is 7.64. The summed E-state index contributed by atoms with van der Waals surface area (Å²) < 4.78 is 12.6. The molecule has 3 aromatic rings. The number of aromatic nitrogens is 2. The van der Waals surface area contributed by atoms with Crippen molar-refractivity contribution in [2.24, 2.45) is 5.92 Å². The minimum Gasteiger partial charge on any atom is -0.457 e. The number of pyridine rings is 2. The number of carbonyl (C=O) groups is 2. The number of benzene rings is 1. The molecule has 196 valence electrons. The Kier molecular flexibility index (Phi) is 5.57. The van der Waals surface area contributed by atoms with E-state index in [0.717, 1.165) is 40.8 Å². The minimum absolute atomic E-state index is 0.136. The largest absolute Gasteiger partial charge is 0.457 e. The summed E-state index contributed by atoms with van der Waals surface area (Å²) >= 11 is 5.79. The first kappa shape index (κ1) is 24.5. The fourth-order valence-corrected chi connectivity index (χ4v) is 6.09. The van der Waals surface area contributed by atoms with Gasteiger partial charge in [-0.2, -0.15) is 0 Å². The Bertz CT molecular complexity index is 1630. The van der Waals surface area contributed by atoms with Gasteiger partial charge in [0.1, 0.15) is 6.61 Å². The molecule has 2 aromatic heterocycles. The predicted octanol–water partition coefficient (Wildman–Crippen LogP) is 4.21. The van der Waals surface area contributed by atoms with Gasteiger partial charge in [0, 0.05) is 30.0 Å². The molecule has 1 aromatic carbocycles. The molecule has 38 heavy (non-hydrogen) atoms. The van der Waals surface area contributed by atoms with E-state index in [0.29, 0.717) is 40.1 Å². The first-order chi connectivity index (χ1) is 18.2. The first-order valence-electron chi connectivity index (χ1n) is 12.8. The van der Waals surface area contributed by atoms with Crippen molar-refractivity contribution >= 4 is 51.5 Å². The van der Waals surface area contributed by atoms with Gasteiger partial charge in [0.2, 0.25) is 5.60 Å². The van der Waals surface area contributed by atoms with Crippen LogP contribution >= 0.6 is 12.2 Å². The zero-order valence-corrected chi connectivity index (χ0v) is 22.5. The highest BCUT2D eigenvalue weighted by Crippen LogP contribution is 2.47. The lowest BCUT2D eigenvalue weighted by Gasteiger charge is -2.35. The summed E-state index contributed by atoms with van der Waals surface area (Å²) in [4.78, 5) is 46.0. The van der Waals surface area contributed by atoms with E-state index in [2.05, 4.69) is 24.1 Å². The van der Waals surface area contributed by atoms with Crippen LogP contribution in [0.3, 0.4) is 0 Å². The molecule has 6 rings (SSSR count). The van der Waals surface area contributed by atoms with Crippen molar-refractivity contribution in [3.8, 4) is 11.4 Å². The number of nitrogens with one attached hydrogen (secondary N) is 1. The third kappa shape index (κ3) is 3.39. The lowest BCUT2D eigenvalue weighted by atomic mass is 9.85. The van der Waals surface area contributed by atoms with Crippen LogP contribution in [0, 0.1) is 5.92 Å². The molecule has 0 saturated heterocycles. The van der Waals surface area contributed by atoms with E-state index in [9.17, 15) is 14.4 Å². The van der Waals surface area contributed by atoms with Crippen molar-refractivity contribution in [3.63, 3.8) is 0 Å². The highest BCUT2D eigenvalue weighted by molar-refractivity contribution is 7.80. The molecule has 0 bridgehead atoms. The van der Waals surface area contributed by atoms with Gasteiger partial charge in [-0.25, -0.2) is 9.78 Å². The van der Waals surface area contributed by atoms with E-state index in [-0.39, 0.29) is 18.6 Å². The molecule has 5 heterocycles. The molecule has 0 unspecified atom stereocenters. The van der Waals surface area contributed by atoms with Crippen molar-refractivity contribution in [2.75, 3.05) is 16.8 Å². The maximum Gasteiger partial charge on any atom is 0.355 e. The smallest absolute Gasteiger partial charge is 0.355 e. The Balaban J connectivity index is 1.62. The second-order valence-corrected chi connectivity index (χ2v) is 10.8. The lowest BCUT2D eigenvalue weighted by molar-refractivity contribution is -0.188. The van der Waals surface area contributed by atoms with Crippen molar-refractivity contribution in [1.82, 2.24) is 9.55 Å². The van der Waals surface area contributed by atoms with Gasteiger partial charge >= 0.3 is 11.9 Å². The molecular weight excluding hydrogens is 504 g/mol. The molecule has 0 radical (unpaired) electrons. The normalized spacial score (nSPS) is 19.1. The topological polar surface area (TPSA) is 103 Å². The molecule has 0 spiro atoms. The zero-order chi connectivity index (χ0) is 26.9. The Labute approximate surface area is 224 Å². The van der Waals surface area contributed by atoms with Crippen LogP contribution in [0.25, 0.3) is 22.3 Å². The average Bonchev–Trinajstić information content (AvgIpc) is 3.24. The number of nitrogens with zero attached hydrogens (tertiary/aromatic N) is 3. The van der Waals surface area contributed by atoms with Gasteiger partial charge in [0.05, 0.1) is 40.4 Å². The Morgan fingerprint density at radius 1 is 1.29 bits per heavy atom. The average molecular weight is 533 g/mol. The Morgan fingerprint density at radius 3 is 2.79 bits per heavy atom. The summed E-state index contributed by atoms with van der Waals surface area (Å²) in [6.07, 6.45) is 1.07. The molecule has 10 heteroatoms. The van der Waals surface area contributed by atoms with Gasteiger partial charge in [-0.15, -0.1) is 0 Å².